The zero-order chi connectivity index (χ0) is 33.3. The van der Waals surface area contributed by atoms with Crippen molar-refractivity contribution in [3.63, 3.8) is 0 Å². The van der Waals surface area contributed by atoms with Gasteiger partial charge in [-0.2, -0.15) is 0 Å². The van der Waals surface area contributed by atoms with Crippen LogP contribution in [0.3, 0.4) is 0 Å². The van der Waals surface area contributed by atoms with E-state index in [1.54, 1.807) is 0 Å². The minimum atomic E-state index is -0.456. The molecule has 0 radical (unpaired) electrons. The molecule has 1 aliphatic carbocycles. The fourth-order valence-electron chi connectivity index (χ4n) is 8.11. The van der Waals surface area contributed by atoms with Gasteiger partial charge in [0.05, 0.1) is 11.8 Å². The van der Waals surface area contributed by atoms with E-state index in [4.69, 9.17) is 18.9 Å². The molecule has 4 aromatic rings. The van der Waals surface area contributed by atoms with Crippen LogP contribution in [0.2, 0.25) is 0 Å². The van der Waals surface area contributed by atoms with Crippen LogP contribution in [-0.2, 0) is 9.47 Å². The molecule has 248 valence electrons. The molecular weight excluding hydrogens is 604 g/mol. The average molecular weight is 647 g/mol. The second-order valence-corrected chi connectivity index (χ2v) is 14.4. The quantitative estimate of drug-likeness (QED) is 0.208. The van der Waals surface area contributed by atoms with Crippen molar-refractivity contribution in [2.45, 2.75) is 57.9 Å². The number of nitrogens with one attached hydrogen (secondary N) is 2. The van der Waals surface area contributed by atoms with Gasteiger partial charge in [-0.3, -0.25) is 0 Å². The minimum Gasteiger partial charge on any atom is -0.457 e. The van der Waals surface area contributed by atoms with Crippen molar-refractivity contribution < 1.29 is 28.5 Å². The van der Waals surface area contributed by atoms with E-state index >= 15 is 0 Å². The predicted molar refractivity (Wildman–Crippen MR) is 183 cm³/mol. The molecule has 0 aromatic heterocycles. The average Bonchev–Trinajstić information content (AvgIpc) is 3.06. The number of ether oxygens (including phenoxy) is 4. The number of benzene rings is 4. The number of fused-ring (bicyclic) bond motifs is 4. The highest BCUT2D eigenvalue weighted by atomic mass is 16.6. The van der Waals surface area contributed by atoms with Gasteiger partial charge in [0.15, 0.2) is 0 Å². The highest BCUT2D eigenvalue weighted by Crippen LogP contribution is 2.47. The molecule has 0 saturated heterocycles. The zero-order valence-corrected chi connectivity index (χ0v) is 27.7. The summed E-state index contributed by atoms with van der Waals surface area (Å²) in [6.07, 6.45) is 1.51. The van der Waals surface area contributed by atoms with E-state index < -0.39 is 12.2 Å². The van der Waals surface area contributed by atoms with E-state index in [2.05, 4.69) is 31.4 Å². The Hall–Kier alpha value is -4.98. The van der Waals surface area contributed by atoms with Crippen molar-refractivity contribution in [3.8, 4) is 23.0 Å². The van der Waals surface area contributed by atoms with E-state index in [9.17, 15) is 9.59 Å². The fraction of sp³-hybridized carbons (Fsp3) is 0.350. The highest BCUT2D eigenvalue weighted by Gasteiger charge is 2.42. The SMILES string of the molecule is CC1(C)CC(NC(=O)OCC2c3ccccc3Oc3ccccc32)CC(C)(CNC(=O)OCC2c3ccccc3Oc3ccccc32)C1. The molecule has 2 N–H and O–H groups in total. The lowest BCUT2D eigenvalue weighted by Gasteiger charge is -2.46. The third-order valence-electron chi connectivity index (χ3n) is 9.80. The number of carbonyl (C=O) groups is 2. The summed E-state index contributed by atoms with van der Waals surface area (Å²) < 4.78 is 23.9. The summed E-state index contributed by atoms with van der Waals surface area (Å²) in [5, 5.41) is 6.17. The molecule has 1 fully saturated rings. The first-order valence-electron chi connectivity index (χ1n) is 16.7. The number of para-hydroxylation sites is 4. The highest BCUT2D eigenvalue weighted by molar-refractivity contribution is 5.68. The molecule has 4 aromatic carbocycles. The van der Waals surface area contributed by atoms with E-state index in [1.165, 1.54) is 0 Å². The molecule has 7 rings (SSSR count). The molecule has 2 amide bonds. The van der Waals surface area contributed by atoms with Gasteiger partial charge in [-0.05, 0) is 54.4 Å². The topological polar surface area (TPSA) is 95.1 Å². The summed E-state index contributed by atoms with van der Waals surface area (Å²) in [4.78, 5) is 26.3. The molecule has 1 saturated carbocycles. The lowest BCUT2D eigenvalue weighted by atomic mass is 9.62. The first kappa shape index (κ1) is 31.6. The van der Waals surface area contributed by atoms with Crippen molar-refractivity contribution in [3.05, 3.63) is 119 Å². The van der Waals surface area contributed by atoms with Crippen molar-refractivity contribution in [2.24, 2.45) is 10.8 Å². The largest absolute Gasteiger partial charge is 0.457 e. The molecule has 2 atom stereocenters. The van der Waals surface area contributed by atoms with Gasteiger partial charge in [-0.25, -0.2) is 9.59 Å². The molecule has 3 aliphatic rings. The van der Waals surface area contributed by atoms with Crippen molar-refractivity contribution in [1.29, 1.82) is 0 Å². The molecule has 0 spiro atoms. The first-order chi connectivity index (χ1) is 23.2. The number of hydrogen-bond acceptors (Lipinski definition) is 6. The van der Waals surface area contributed by atoms with E-state index in [1.807, 2.05) is 97.1 Å². The van der Waals surface area contributed by atoms with E-state index in [0.717, 1.165) is 58.1 Å². The van der Waals surface area contributed by atoms with Crippen molar-refractivity contribution >= 4 is 12.2 Å². The van der Waals surface area contributed by atoms with Gasteiger partial charge in [0, 0.05) is 34.8 Å². The monoisotopic (exact) mass is 646 g/mol. The lowest BCUT2D eigenvalue weighted by molar-refractivity contribution is 0.0617. The summed E-state index contributed by atoms with van der Waals surface area (Å²) in [5.74, 6) is 2.88. The smallest absolute Gasteiger partial charge is 0.407 e. The Morgan fingerprint density at radius 2 is 1.06 bits per heavy atom. The van der Waals surface area contributed by atoms with Gasteiger partial charge >= 0.3 is 12.2 Å². The number of carbonyl (C=O) groups excluding carboxylic acids is 2. The number of amides is 2. The second kappa shape index (κ2) is 12.9. The Kier molecular flexibility index (Phi) is 8.50. The van der Waals surface area contributed by atoms with Crippen LogP contribution in [0.5, 0.6) is 23.0 Å². The summed E-state index contributed by atoms with van der Waals surface area (Å²) >= 11 is 0. The summed E-state index contributed by atoms with van der Waals surface area (Å²) in [5.41, 5.74) is 3.68. The Bertz CT molecular complexity index is 1730. The van der Waals surface area contributed by atoms with Gasteiger partial charge in [-0.15, -0.1) is 0 Å². The first-order valence-corrected chi connectivity index (χ1v) is 16.7. The molecule has 8 nitrogen and oxygen atoms in total. The Labute approximate surface area is 281 Å². The molecule has 2 unspecified atom stereocenters. The molecule has 8 heteroatoms. The Morgan fingerprint density at radius 3 is 1.52 bits per heavy atom. The van der Waals surface area contributed by atoms with Gasteiger partial charge in [0.1, 0.15) is 36.2 Å². The van der Waals surface area contributed by atoms with Crippen LogP contribution in [0.25, 0.3) is 0 Å². The van der Waals surface area contributed by atoms with Crippen LogP contribution < -0.4 is 20.1 Å². The van der Waals surface area contributed by atoms with Crippen molar-refractivity contribution in [1.82, 2.24) is 10.6 Å². The lowest BCUT2D eigenvalue weighted by Crippen LogP contribution is -2.50. The molecule has 2 heterocycles. The van der Waals surface area contributed by atoms with E-state index in [-0.39, 0.29) is 41.9 Å². The molecular formula is C40H42N2O6. The van der Waals surface area contributed by atoms with Gasteiger partial charge in [0.2, 0.25) is 0 Å². The number of rotatable bonds is 7. The zero-order valence-electron chi connectivity index (χ0n) is 27.7. The summed E-state index contributed by atoms with van der Waals surface area (Å²) in [7, 11) is 0. The molecule has 0 bridgehead atoms. The van der Waals surface area contributed by atoms with Crippen LogP contribution in [0, 0.1) is 10.8 Å². The summed E-state index contributed by atoms with van der Waals surface area (Å²) in [6, 6.07) is 31.4. The van der Waals surface area contributed by atoms with Crippen LogP contribution in [0.15, 0.2) is 97.1 Å². The van der Waals surface area contributed by atoms with E-state index in [0.29, 0.717) is 13.0 Å². The standard InChI is InChI=1S/C40H42N2O6/c1-39(2)20-26(42-38(44)46-23-32-29-14-6-10-18-35(29)48-36-19-11-7-15-30(32)36)21-40(3,24-39)25-41-37(43)45-22-31-27-12-4-8-16-33(27)47-34-17-9-5-13-28(31)34/h4-19,26,31-32H,20-25H2,1-3H3,(H,41,43)(H,42,44). The third-order valence-corrected chi connectivity index (χ3v) is 9.80. The van der Waals surface area contributed by atoms with Crippen LogP contribution in [0.1, 0.15) is 74.1 Å². The maximum absolute atomic E-state index is 13.2. The number of alkyl carbamates (subject to hydrolysis) is 2. The van der Waals surface area contributed by atoms with Crippen LogP contribution >= 0.6 is 0 Å². The molecule has 48 heavy (non-hydrogen) atoms. The maximum Gasteiger partial charge on any atom is 0.407 e. The second-order valence-electron chi connectivity index (χ2n) is 14.4. The van der Waals surface area contributed by atoms with Crippen LogP contribution in [0.4, 0.5) is 9.59 Å². The Morgan fingerprint density at radius 1 is 0.646 bits per heavy atom. The summed E-state index contributed by atoms with van der Waals surface area (Å²) in [6.45, 7) is 7.40. The van der Waals surface area contributed by atoms with Gasteiger partial charge in [0.25, 0.3) is 0 Å². The van der Waals surface area contributed by atoms with Crippen LogP contribution in [-0.4, -0.2) is 38.0 Å². The fourth-order valence-corrected chi connectivity index (χ4v) is 8.11. The maximum atomic E-state index is 13.2. The molecule has 2 aliphatic heterocycles. The third kappa shape index (κ3) is 6.70. The van der Waals surface area contributed by atoms with Gasteiger partial charge < -0.3 is 29.6 Å². The Balaban J connectivity index is 0.950. The predicted octanol–water partition coefficient (Wildman–Crippen LogP) is 8.90. The van der Waals surface area contributed by atoms with Crippen molar-refractivity contribution in [2.75, 3.05) is 19.8 Å². The van der Waals surface area contributed by atoms with Gasteiger partial charge in [-0.1, -0.05) is 93.6 Å². The normalized spacial score (nSPS) is 20.8. The minimum absolute atomic E-state index is 0.0510. The number of hydrogen-bond donors (Lipinski definition) is 2.